The van der Waals surface area contributed by atoms with Crippen LogP contribution in [0.15, 0.2) is 30.7 Å². The molecule has 0 atom stereocenters. The predicted molar refractivity (Wildman–Crippen MR) is 110 cm³/mol. The van der Waals surface area contributed by atoms with Crippen LogP contribution in [-0.4, -0.2) is 34.7 Å². The summed E-state index contributed by atoms with van der Waals surface area (Å²) in [6.45, 7) is 2.59. The number of hydrogen-bond acceptors (Lipinski definition) is 7. The molecule has 4 aromatic heterocycles. The Morgan fingerprint density at radius 2 is 1.86 bits per heavy atom. The lowest BCUT2D eigenvalue weighted by Gasteiger charge is -2.17. The Kier molecular flexibility index (Phi) is 4.38. The van der Waals surface area contributed by atoms with E-state index in [1.54, 1.807) is 23.3 Å². The number of pyridine rings is 1. The van der Waals surface area contributed by atoms with Crippen LogP contribution >= 0.6 is 0 Å². The fraction of sp³-hybridized carbons (Fsp3) is 0.333. The van der Waals surface area contributed by atoms with Crippen molar-refractivity contribution < 1.29 is 0 Å². The third-order valence-corrected chi connectivity index (χ3v) is 5.38. The number of nitrogens with zero attached hydrogens (tertiary/aromatic N) is 7. The molecule has 0 amide bonds. The second-order valence-electron chi connectivity index (χ2n) is 7.35. The minimum Gasteiger partial charge on any atom is -0.362 e. The number of aromatic nitrogens is 7. The normalized spacial score (nSPS) is 13.4. The lowest BCUT2D eigenvalue weighted by molar-refractivity contribution is 0.648. The van der Waals surface area contributed by atoms with Crippen molar-refractivity contribution in [3.63, 3.8) is 0 Å². The fourth-order valence-electron chi connectivity index (χ4n) is 3.87. The molecule has 146 valence electrons. The Bertz CT molecular complexity index is 1180. The molecule has 4 aromatic rings. The number of rotatable bonds is 4. The maximum absolute atomic E-state index is 4.81. The van der Waals surface area contributed by atoms with Crippen LogP contribution in [0.2, 0.25) is 0 Å². The van der Waals surface area contributed by atoms with Crippen molar-refractivity contribution in [1.82, 2.24) is 34.7 Å². The van der Waals surface area contributed by atoms with Crippen molar-refractivity contribution in [2.75, 3.05) is 5.32 Å². The van der Waals surface area contributed by atoms with Crippen molar-refractivity contribution in [2.24, 2.45) is 7.05 Å². The van der Waals surface area contributed by atoms with Crippen LogP contribution in [0.4, 0.5) is 5.82 Å². The molecule has 0 fully saturated rings. The smallest absolute Gasteiger partial charge is 0.164 e. The topological polar surface area (TPSA) is 94.3 Å². The highest BCUT2D eigenvalue weighted by atomic mass is 15.3. The van der Waals surface area contributed by atoms with E-state index in [-0.39, 0.29) is 0 Å². The Balaban J connectivity index is 1.50. The Morgan fingerprint density at radius 3 is 2.72 bits per heavy atom. The Morgan fingerprint density at radius 1 is 1.03 bits per heavy atom. The van der Waals surface area contributed by atoms with Crippen molar-refractivity contribution in [3.8, 4) is 11.4 Å². The second kappa shape index (κ2) is 7.20. The summed E-state index contributed by atoms with van der Waals surface area (Å²) in [4.78, 5) is 23.0. The third kappa shape index (κ3) is 3.30. The molecule has 0 unspecified atom stereocenters. The molecule has 8 nitrogen and oxygen atoms in total. The van der Waals surface area contributed by atoms with Crippen LogP contribution < -0.4 is 5.32 Å². The standard InChI is InChI=1S/C21H22N8/c1-13-15-5-3-4-6-17(15)26-18(25-13)12-23-20-16-11-24-29(2)21(16)28-19(27-20)14-7-9-22-10-8-14/h7-11H,3-6,12H2,1-2H3,(H,23,27,28). The van der Waals surface area contributed by atoms with Crippen LogP contribution in [-0.2, 0) is 26.4 Å². The molecule has 5 rings (SSSR count). The van der Waals surface area contributed by atoms with E-state index in [0.29, 0.717) is 12.4 Å². The van der Waals surface area contributed by atoms with Gasteiger partial charge in [0.1, 0.15) is 11.6 Å². The molecular weight excluding hydrogens is 364 g/mol. The van der Waals surface area contributed by atoms with Crippen molar-refractivity contribution in [3.05, 3.63) is 53.5 Å². The van der Waals surface area contributed by atoms with Gasteiger partial charge in [-0.05, 0) is 50.3 Å². The number of nitrogens with one attached hydrogen (secondary N) is 1. The zero-order chi connectivity index (χ0) is 19.8. The first-order valence-corrected chi connectivity index (χ1v) is 9.88. The SMILES string of the molecule is Cc1nc(CNc2nc(-c3ccncc3)nc3c2cnn3C)nc2c1CCCC2. The lowest BCUT2D eigenvalue weighted by Crippen LogP contribution is -2.14. The van der Waals surface area contributed by atoms with E-state index >= 15 is 0 Å². The number of anilines is 1. The average Bonchev–Trinajstić information content (AvgIpc) is 3.13. The first kappa shape index (κ1) is 17.7. The monoisotopic (exact) mass is 386 g/mol. The van der Waals surface area contributed by atoms with E-state index in [0.717, 1.165) is 46.8 Å². The van der Waals surface area contributed by atoms with Crippen LogP contribution in [0.1, 0.15) is 35.6 Å². The second-order valence-corrected chi connectivity index (χ2v) is 7.35. The van der Waals surface area contributed by atoms with E-state index in [2.05, 4.69) is 27.3 Å². The first-order valence-electron chi connectivity index (χ1n) is 9.88. The maximum atomic E-state index is 4.81. The largest absolute Gasteiger partial charge is 0.362 e. The van der Waals surface area contributed by atoms with Crippen LogP contribution in [0.5, 0.6) is 0 Å². The molecule has 0 saturated heterocycles. The zero-order valence-electron chi connectivity index (χ0n) is 16.6. The van der Waals surface area contributed by atoms with Gasteiger partial charge in [-0.1, -0.05) is 0 Å². The van der Waals surface area contributed by atoms with Gasteiger partial charge in [0.15, 0.2) is 11.5 Å². The predicted octanol–water partition coefficient (Wildman–Crippen LogP) is 3.01. The maximum Gasteiger partial charge on any atom is 0.164 e. The van der Waals surface area contributed by atoms with Crippen molar-refractivity contribution >= 4 is 16.9 Å². The molecule has 0 radical (unpaired) electrons. The van der Waals surface area contributed by atoms with Crippen molar-refractivity contribution in [2.45, 2.75) is 39.2 Å². The summed E-state index contributed by atoms with van der Waals surface area (Å²) in [5.41, 5.74) is 5.31. The summed E-state index contributed by atoms with van der Waals surface area (Å²) in [5, 5.41) is 8.64. The summed E-state index contributed by atoms with van der Waals surface area (Å²) in [7, 11) is 1.88. The van der Waals surface area contributed by atoms with E-state index in [4.69, 9.17) is 15.0 Å². The quantitative estimate of drug-likeness (QED) is 0.576. The Hall–Kier alpha value is -3.42. The first-order chi connectivity index (χ1) is 14.2. The molecule has 1 N–H and O–H groups in total. The third-order valence-electron chi connectivity index (χ3n) is 5.38. The van der Waals surface area contributed by atoms with Gasteiger partial charge in [-0.25, -0.2) is 19.9 Å². The molecule has 1 aliphatic rings. The van der Waals surface area contributed by atoms with Gasteiger partial charge in [-0.15, -0.1) is 0 Å². The van der Waals surface area contributed by atoms with Crippen LogP contribution in [0, 0.1) is 6.92 Å². The van der Waals surface area contributed by atoms with Gasteiger partial charge in [0.25, 0.3) is 0 Å². The molecule has 4 heterocycles. The summed E-state index contributed by atoms with van der Waals surface area (Å²) >= 11 is 0. The highest BCUT2D eigenvalue weighted by molar-refractivity contribution is 5.88. The van der Waals surface area contributed by atoms with Crippen LogP contribution in [0.25, 0.3) is 22.4 Å². The van der Waals surface area contributed by atoms with Crippen LogP contribution in [0.3, 0.4) is 0 Å². The number of fused-ring (bicyclic) bond motifs is 2. The molecule has 1 aliphatic carbocycles. The summed E-state index contributed by atoms with van der Waals surface area (Å²) in [6, 6.07) is 3.80. The summed E-state index contributed by atoms with van der Waals surface area (Å²) in [5.74, 6) is 2.16. The van der Waals surface area contributed by atoms with Gasteiger partial charge < -0.3 is 5.32 Å². The number of hydrogen-bond donors (Lipinski definition) is 1. The van der Waals surface area contributed by atoms with Gasteiger partial charge in [-0.3, -0.25) is 9.67 Å². The zero-order valence-corrected chi connectivity index (χ0v) is 16.6. The molecule has 0 spiro atoms. The van der Waals surface area contributed by atoms with Gasteiger partial charge in [0.05, 0.1) is 18.1 Å². The molecule has 0 aromatic carbocycles. The minimum atomic E-state index is 0.505. The van der Waals surface area contributed by atoms with Gasteiger partial charge in [-0.2, -0.15) is 5.10 Å². The number of aryl methyl sites for hydroxylation is 3. The van der Waals surface area contributed by atoms with E-state index in [1.807, 2.05) is 19.2 Å². The highest BCUT2D eigenvalue weighted by Crippen LogP contribution is 2.25. The molecule has 0 saturated carbocycles. The Labute approximate surface area is 168 Å². The van der Waals surface area contributed by atoms with Gasteiger partial charge >= 0.3 is 0 Å². The molecule has 0 aliphatic heterocycles. The lowest BCUT2D eigenvalue weighted by atomic mass is 9.95. The molecule has 29 heavy (non-hydrogen) atoms. The summed E-state index contributed by atoms with van der Waals surface area (Å²) < 4.78 is 1.76. The fourth-order valence-corrected chi connectivity index (χ4v) is 3.87. The van der Waals surface area contributed by atoms with Crippen molar-refractivity contribution in [1.29, 1.82) is 0 Å². The highest BCUT2D eigenvalue weighted by Gasteiger charge is 2.17. The molecule has 0 bridgehead atoms. The minimum absolute atomic E-state index is 0.505. The van der Waals surface area contributed by atoms with E-state index in [9.17, 15) is 0 Å². The van der Waals surface area contributed by atoms with E-state index in [1.165, 1.54) is 24.1 Å². The van der Waals surface area contributed by atoms with Gasteiger partial charge in [0.2, 0.25) is 0 Å². The molecular formula is C21H22N8. The average molecular weight is 386 g/mol. The van der Waals surface area contributed by atoms with Gasteiger partial charge in [0, 0.05) is 36.4 Å². The molecule has 8 heteroatoms. The summed E-state index contributed by atoms with van der Waals surface area (Å²) in [6.07, 6.45) is 9.82. The van der Waals surface area contributed by atoms with E-state index < -0.39 is 0 Å².